The van der Waals surface area contributed by atoms with Gasteiger partial charge in [0.15, 0.2) is 11.5 Å². The minimum Gasteiger partial charge on any atom is -0.486 e. The minimum absolute atomic E-state index is 0.0411. The summed E-state index contributed by atoms with van der Waals surface area (Å²) >= 11 is 0. The average Bonchev–Trinajstić information content (AvgIpc) is 2.66. The van der Waals surface area contributed by atoms with Crippen LogP contribution in [0.1, 0.15) is 33.6 Å². The number of carbonyl (C=O) groups excluding carboxylic acids is 2. The zero-order valence-corrected chi connectivity index (χ0v) is 17.4. The van der Waals surface area contributed by atoms with Crippen LogP contribution in [0.25, 0.3) is 0 Å². The number of piperidine rings is 1. The number of ether oxygens (including phenoxy) is 3. The molecule has 3 rings (SSSR count). The molecule has 2 unspecified atom stereocenters. The monoisotopic (exact) mass is 405 g/mol. The molecule has 2 aliphatic rings. The van der Waals surface area contributed by atoms with Crippen molar-refractivity contribution in [3.05, 3.63) is 24.3 Å². The summed E-state index contributed by atoms with van der Waals surface area (Å²) in [6.07, 6.45) is 2.02. The van der Waals surface area contributed by atoms with Crippen molar-refractivity contribution >= 4 is 12.4 Å². The van der Waals surface area contributed by atoms with Gasteiger partial charge in [-0.2, -0.15) is 0 Å². The number of fused-ring (bicyclic) bond motifs is 1. The highest BCUT2D eigenvalue weighted by Crippen LogP contribution is 2.31. The second-order valence-electron chi connectivity index (χ2n) is 8.48. The fourth-order valence-electron chi connectivity index (χ4n) is 3.56. The first kappa shape index (κ1) is 21.4. The second-order valence-corrected chi connectivity index (χ2v) is 8.48. The highest BCUT2D eigenvalue weighted by molar-refractivity contribution is 5.71. The molecule has 0 aliphatic carbocycles. The van der Waals surface area contributed by atoms with Crippen LogP contribution in [-0.2, 0) is 9.53 Å². The number of likely N-dealkylation sites (tertiary alicyclic amines) is 1. The summed E-state index contributed by atoms with van der Waals surface area (Å²) in [5.74, 6) is 1.56. The molecule has 2 aliphatic heterocycles. The van der Waals surface area contributed by atoms with Crippen molar-refractivity contribution in [3.8, 4) is 11.5 Å². The first-order valence-corrected chi connectivity index (χ1v) is 10.2. The molecule has 8 nitrogen and oxygen atoms in total. The number of aldehydes is 1. The number of nitrogens with one attached hydrogen (secondary N) is 1. The molecule has 1 fully saturated rings. The third-order valence-electron chi connectivity index (χ3n) is 4.74. The van der Waals surface area contributed by atoms with Crippen LogP contribution in [0.15, 0.2) is 24.3 Å². The van der Waals surface area contributed by atoms with Crippen LogP contribution < -0.4 is 14.9 Å². The topological polar surface area (TPSA) is 80.3 Å². The van der Waals surface area contributed by atoms with E-state index in [1.54, 1.807) is 20.8 Å². The molecule has 29 heavy (non-hydrogen) atoms. The molecule has 160 valence electrons. The molecule has 0 aromatic heterocycles. The number of hydrogen-bond donors (Lipinski definition) is 1. The van der Waals surface area contributed by atoms with Crippen molar-refractivity contribution in [2.24, 2.45) is 0 Å². The summed E-state index contributed by atoms with van der Waals surface area (Å²) in [4.78, 5) is 25.7. The van der Waals surface area contributed by atoms with E-state index in [4.69, 9.17) is 14.2 Å². The Morgan fingerprint density at radius 1 is 1.34 bits per heavy atom. The lowest BCUT2D eigenvalue weighted by molar-refractivity contribution is -0.109. The average molecular weight is 405 g/mol. The molecule has 1 amide bonds. The van der Waals surface area contributed by atoms with Crippen LogP contribution in [0.5, 0.6) is 11.5 Å². The molecule has 1 N–H and O–H groups in total. The summed E-state index contributed by atoms with van der Waals surface area (Å²) in [7, 11) is 0. The third-order valence-corrected chi connectivity index (χ3v) is 4.74. The van der Waals surface area contributed by atoms with E-state index < -0.39 is 11.7 Å². The quantitative estimate of drug-likeness (QED) is 0.574. The highest BCUT2D eigenvalue weighted by atomic mass is 16.6. The van der Waals surface area contributed by atoms with Gasteiger partial charge in [-0.3, -0.25) is 4.90 Å². The number of amides is 1. The largest absolute Gasteiger partial charge is 0.486 e. The second kappa shape index (κ2) is 9.45. The van der Waals surface area contributed by atoms with Crippen molar-refractivity contribution in [2.75, 3.05) is 32.8 Å². The van der Waals surface area contributed by atoms with E-state index in [-0.39, 0.29) is 18.7 Å². The van der Waals surface area contributed by atoms with Gasteiger partial charge >= 0.3 is 6.09 Å². The van der Waals surface area contributed by atoms with Gasteiger partial charge in [-0.25, -0.2) is 15.2 Å². The van der Waals surface area contributed by atoms with E-state index in [2.05, 4.69) is 10.3 Å². The van der Waals surface area contributed by atoms with Crippen LogP contribution in [0, 0.1) is 0 Å². The molecule has 0 spiro atoms. The van der Waals surface area contributed by atoms with Gasteiger partial charge in [0.25, 0.3) is 0 Å². The van der Waals surface area contributed by atoms with Crippen molar-refractivity contribution in [1.82, 2.24) is 15.3 Å². The number of rotatable bonds is 6. The van der Waals surface area contributed by atoms with Crippen molar-refractivity contribution in [3.63, 3.8) is 0 Å². The van der Waals surface area contributed by atoms with Crippen LogP contribution >= 0.6 is 0 Å². The Bertz CT molecular complexity index is 706. The minimum atomic E-state index is -0.618. The number of hydrogen-bond acceptors (Lipinski definition) is 7. The van der Waals surface area contributed by atoms with Crippen LogP contribution in [0.4, 0.5) is 4.79 Å². The highest BCUT2D eigenvalue weighted by Gasteiger charge is 2.29. The smallest absolute Gasteiger partial charge is 0.425 e. The summed E-state index contributed by atoms with van der Waals surface area (Å²) in [5, 5.41) is 1.27. The Kier molecular flexibility index (Phi) is 6.97. The maximum absolute atomic E-state index is 12.4. The Morgan fingerprint density at radius 2 is 2.10 bits per heavy atom. The van der Waals surface area contributed by atoms with Crippen LogP contribution in [-0.4, -0.2) is 72.8 Å². The van der Waals surface area contributed by atoms with Gasteiger partial charge in [0.05, 0.1) is 6.54 Å². The van der Waals surface area contributed by atoms with Crippen LogP contribution in [0.3, 0.4) is 0 Å². The number of carbonyl (C=O) groups is 2. The molecule has 0 radical (unpaired) electrons. The van der Waals surface area contributed by atoms with Gasteiger partial charge in [0.1, 0.15) is 24.6 Å². The van der Waals surface area contributed by atoms with Crippen molar-refractivity contribution in [2.45, 2.75) is 51.4 Å². The van der Waals surface area contributed by atoms with Crippen molar-refractivity contribution in [1.29, 1.82) is 0 Å². The van der Waals surface area contributed by atoms with E-state index in [1.165, 1.54) is 5.01 Å². The van der Waals surface area contributed by atoms with E-state index in [0.29, 0.717) is 12.9 Å². The fraction of sp³-hybridized carbons (Fsp3) is 0.619. The Labute approximate surface area is 172 Å². The predicted octanol–water partition coefficient (Wildman–Crippen LogP) is 2.23. The maximum Gasteiger partial charge on any atom is 0.425 e. The molecular formula is C21H31N3O5. The first-order chi connectivity index (χ1) is 13.8. The molecule has 2 atom stereocenters. The zero-order valence-electron chi connectivity index (χ0n) is 17.4. The van der Waals surface area contributed by atoms with Gasteiger partial charge in [-0.1, -0.05) is 12.1 Å². The number of benzene rings is 1. The summed E-state index contributed by atoms with van der Waals surface area (Å²) < 4.78 is 17.3. The lowest BCUT2D eigenvalue weighted by atomic mass is 10.1. The van der Waals surface area contributed by atoms with E-state index in [0.717, 1.165) is 44.0 Å². The predicted molar refractivity (Wildman–Crippen MR) is 108 cm³/mol. The molecule has 0 saturated carbocycles. The normalized spacial score (nSPS) is 22.0. The Hall–Kier alpha value is -2.32. The zero-order chi connectivity index (χ0) is 20.9. The lowest BCUT2D eigenvalue weighted by Gasteiger charge is -2.38. The summed E-state index contributed by atoms with van der Waals surface area (Å²) in [6, 6.07) is 7.74. The molecular weight excluding hydrogens is 374 g/mol. The third kappa shape index (κ3) is 6.33. The van der Waals surface area contributed by atoms with Crippen molar-refractivity contribution < 1.29 is 23.8 Å². The molecule has 1 saturated heterocycles. The van der Waals surface area contributed by atoms with E-state index in [9.17, 15) is 9.59 Å². The van der Waals surface area contributed by atoms with Gasteiger partial charge in [-0.15, -0.1) is 0 Å². The van der Waals surface area contributed by atoms with Crippen LogP contribution in [0.2, 0.25) is 0 Å². The van der Waals surface area contributed by atoms with Gasteiger partial charge in [0, 0.05) is 19.1 Å². The molecule has 1 aromatic carbocycles. The number of para-hydroxylation sites is 2. The molecule has 0 bridgehead atoms. The maximum atomic E-state index is 12.4. The Morgan fingerprint density at radius 3 is 2.83 bits per heavy atom. The first-order valence-electron chi connectivity index (χ1n) is 10.2. The fourth-order valence-corrected chi connectivity index (χ4v) is 3.56. The molecule has 8 heteroatoms. The number of nitrogens with zero attached hydrogens (tertiary/aromatic N) is 2. The SMILES string of the molecule is CC(C)(C)OC(=O)N(CC=O)NC1CCCN(CC2COc3ccccc3O2)C1. The lowest BCUT2D eigenvalue weighted by Crippen LogP contribution is -2.56. The standard InChI is InChI=1S/C21H31N3O5/c1-21(2,3)29-20(26)24(11-12-25)22-16-7-6-10-23(13-16)14-17-15-27-18-8-4-5-9-19(18)28-17/h4-5,8-9,12,16-17,22H,6-7,10-11,13-15H2,1-3H3. The molecule has 1 aromatic rings. The summed E-state index contributed by atoms with van der Waals surface area (Å²) in [6.45, 7) is 8.32. The van der Waals surface area contributed by atoms with E-state index >= 15 is 0 Å². The van der Waals surface area contributed by atoms with Gasteiger partial charge < -0.3 is 19.0 Å². The van der Waals surface area contributed by atoms with E-state index in [1.807, 2.05) is 24.3 Å². The summed E-state index contributed by atoms with van der Waals surface area (Å²) in [5.41, 5.74) is 2.56. The van der Waals surface area contributed by atoms with Gasteiger partial charge in [-0.05, 0) is 52.3 Å². The molecule has 2 heterocycles. The van der Waals surface area contributed by atoms with Gasteiger partial charge in [0.2, 0.25) is 0 Å². The number of hydrazine groups is 1. The Balaban J connectivity index is 1.53.